The van der Waals surface area contributed by atoms with Gasteiger partial charge in [0.05, 0.1) is 29.2 Å². The normalized spacial score (nSPS) is 15.5. The summed E-state index contributed by atoms with van der Waals surface area (Å²) in [6.07, 6.45) is 1.56. The van der Waals surface area contributed by atoms with Crippen molar-refractivity contribution in [2.75, 3.05) is 12.3 Å². The van der Waals surface area contributed by atoms with Crippen molar-refractivity contribution in [2.24, 2.45) is 7.05 Å². The van der Waals surface area contributed by atoms with E-state index in [9.17, 15) is 9.90 Å². The number of aryl methyl sites for hydroxylation is 2. The van der Waals surface area contributed by atoms with E-state index in [0.717, 1.165) is 12.1 Å². The van der Waals surface area contributed by atoms with Crippen LogP contribution in [0.5, 0.6) is 0 Å². The first kappa shape index (κ1) is 16.7. The maximum absolute atomic E-state index is 12.7. The third-order valence-electron chi connectivity index (χ3n) is 4.57. The van der Waals surface area contributed by atoms with Gasteiger partial charge in [-0.25, -0.2) is 0 Å². The van der Waals surface area contributed by atoms with Crippen LogP contribution in [0.3, 0.4) is 0 Å². The number of amides is 1. The molecule has 136 valence electrons. The van der Waals surface area contributed by atoms with E-state index < -0.39 is 6.10 Å². The van der Waals surface area contributed by atoms with Gasteiger partial charge in [-0.05, 0) is 30.1 Å². The minimum atomic E-state index is -0.859. The summed E-state index contributed by atoms with van der Waals surface area (Å²) >= 11 is 1.18. The van der Waals surface area contributed by atoms with Crippen molar-refractivity contribution in [1.82, 2.24) is 28.8 Å². The number of nitrogens with two attached hydrogens (primary N) is 1. The predicted octanol–water partition coefficient (Wildman–Crippen LogP) is 0.783. The number of aliphatic hydroxyl groups excluding tert-OH is 1. The molecule has 1 aliphatic rings. The van der Waals surface area contributed by atoms with Gasteiger partial charge in [-0.3, -0.25) is 14.2 Å². The quantitative estimate of drug-likeness (QED) is 0.701. The van der Waals surface area contributed by atoms with E-state index in [-0.39, 0.29) is 11.7 Å². The minimum absolute atomic E-state index is 0.125. The highest BCUT2D eigenvalue weighted by Gasteiger charge is 2.26. The zero-order chi connectivity index (χ0) is 18.3. The Balaban J connectivity index is 1.59. The lowest BCUT2D eigenvalue weighted by Crippen LogP contribution is -2.31. The molecule has 1 aliphatic heterocycles. The molecule has 0 aromatic carbocycles. The van der Waals surface area contributed by atoms with Crippen LogP contribution in [0.15, 0.2) is 23.7 Å². The van der Waals surface area contributed by atoms with Gasteiger partial charge in [-0.2, -0.15) is 14.6 Å². The number of nitrogens with zero attached hydrogens (tertiary/aromatic N) is 6. The molecule has 3 aromatic rings. The summed E-state index contributed by atoms with van der Waals surface area (Å²) in [5, 5.41) is 20.9. The highest BCUT2D eigenvalue weighted by atomic mass is 32.1. The molecule has 0 radical (unpaired) electrons. The highest BCUT2D eigenvalue weighted by molar-refractivity contribution is 7.04. The van der Waals surface area contributed by atoms with E-state index >= 15 is 0 Å². The summed E-state index contributed by atoms with van der Waals surface area (Å²) < 4.78 is 7.46. The van der Waals surface area contributed by atoms with E-state index in [0.29, 0.717) is 36.6 Å². The number of hydrogen-bond acceptors (Lipinski definition) is 7. The van der Waals surface area contributed by atoms with E-state index in [1.807, 2.05) is 10.7 Å². The SMILES string of the molecule is Cn1nccc1[C@@H](O)c1cc2n(n1)CCCN(C(=O)c1csnc1N)C2. The van der Waals surface area contributed by atoms with Crippen molar-refractivity contribution in [3.8, 4) is 0 Å². The van der Waals surface area contributed by atoms with Crippen LogP contribution < -0.4 is 5.73 Å². The zero-order valence-corrected chi connectivity index (χ0v) is 15.1. The van der Waals surface area contributed by atoms with Crippen LogP contribution in [-0.2, 0) is 20.1 Å². The summed E-state index contributed by atoms with van der Waals surface area (Å²) in [6.45, 7) is 1.73. The maximum Gasteiger partial charge on any atom is 0.258 e. The highest BCUT2D eigenvalue weighted by Crippen LogP contribution is 2.24. The van der Waals surface area contributed by atoms with Crippen LogP contribution >= 0.6 is 11.5 Å². The first-order valence-electron chi connectivity index (χ1n) is 8.26. The molecule has 4 rings (SSSR count). The molecule has 0 fully saturated rings. The Morgan fingerprint density at radius 3 is 2.96 bits per heavy atom. The van der Waals surface area contributed by atoms with Crippen LogP contribution in [0.25, 0.3) is 0 Å². The molecular formula is C16H19N7O2S. The largest absolute Gasteiger partial charge is 0.382 e. The maximum atomic E-state index is 12.7. The van der Waals surface area contributed by atoms with E-state index in [1.54, 1.807) is 34.3 Å². The first-order valence-corrected chi connectivity index (χ1v) is 9.10. The van der Waals surface area contributed by atoms with Crippen molar-refractivity contribution in [3.63, 3.8) is 0 Å². The molecule has 1 amide bonds. The number of aromatic nitrogens is 5. The fourth-order valence-corrected chi connectivity index (χ4v) is 3.76. The molecule has 10 heteroatoms. The second kappa shape index (κ2) is 6.54. The summed E-state index contributed by atoms with van der Waals surface area (Å²) in [5.74, 6) is 0.143. The Kier molecular flexibility index (Phi) is 4.21. The van der Waals surface area contributed by atoms with Crippen molar-refractivity contribution < 1.29 is 9.90 Å². The van der Waals surface area contributed by atoms with Gasteiger partial charge >= 0.3 is 0 Å². The van der Waals surface area contributed by atoms with Crippen LogP contribution in [0, 0.1) is 0 Å². The third-order valence-corrected chi connectivity index (χ3v) is 5.21. The van der Waals surface area contributed by atoms with Crippen LogP contribution in [-0.4, -0.2) is 46.4 Å². The van der Waals surface area contributed by atoms with E-state index in [4.69, 9.17) is 5.73 Å². The topological polar surface area (TPSA) is 115 Å². The molecule has 0 aliphatic carbocycles. The second-order valence-electron chi connectivity index (χ2n) is 6.26. The molecule has 0 bridgehead atoms. The molecule has 26 heavy (non-hydrogen) atoms. The van der Waals surface area contributed by atoms with Crippen LogP contribution in [0.2, 0.25) is 0 Å². The van der Waals surface area contributed by atoms with Gasteiger partial charge in [0.25, 0.3) is 5.91 Å². The fourth-order valence-electron chi connectivity index (χ4n) is 3.17. The summed E-state index contributed by atoms with van der Waals surface area (Å²) in [6, 6.07) is 3.61. The standard InChI is InChI=1S/C16H19N7O2S/c1-21-13(3-4-18-21)14(24)12-7-10-8-22(5-2-6-23(10)19-12)16(25)11-9-26-20-15(11)17/h3-4,7,9,14,24H,2,5-6,8H2,1H3,(H2,17,20)/t14-/m0/s1. The van der Waals surface area contributed by atoms with Gasteiger partial charge in [0.15, 0.2) is 0 Å². The van der Waals surface area contributed by atoms with E-state index in [1.165, 1.54) is 11.5 Å². The molecule has 4 heterocycles. The lowest BCUT2D eigenvalue weighted by molar-refractivity contribution is 0.0747. The van der Waals surface area contributed by atoms with Crippen LogP contribution in [0.4, 0.5) is 5.82 Å². The molecular weight excluding hydrogens is 354 g/mol. The number of nitrogen functional groups attached to an aromatic ring is 1. The van der Waals surface area contributed by atoms with Crippen molar-refractivity contribution in [1.29, 1.82) is 0 Å². The summed E-state index contributed by atoms with van der Waals surface area (Å²) in [4.78, 5) is 14.5. The van der Waals surface area contributed by atoms with Gasteiger partial charge in [0, 0.05) is 31.7 Å². The van der Waals surface area contributed by atoms with Gasteiger partial charge in [-0.1, -0.05) is 0 Å². The van der Waals surface area contributed by atoms with Crippen LogP contribution in [0.1, 0.15) is 40.0 Å². The molecule has 0 unspecified atom stereocenters. The number of carbonyl (C=O) groups excluding carboxylic acids is 1. The molecule has 3 N–H and O–H groups in total. The third kappa shape index (κ3) is 2.86. The molecule has 0 spiro atoms. The molecule has 9 nitrogen and oxygen atoms in total. The fraction of sp³-hybridized carbons (Fsp3) is 0.375. The Morgan fingerprint density at radius 1 is 1.42 bits per heavy atom. The van der Waals surface area contributed by atoms with Crippen molar-refractivity contribution in [3.05, 3.63) is 46.4 Å². The number of carbonyl (C=O) groups is 1. The Morgan fingerprint density at radius 2 is 2.27 bits per heavy atom. The summed E-state index contributed by atoms with van der Waals surface area (Å²) in [5.41, 5.74) is 8.33. The van der Waals surface area contributed by atoms with Gasteiger partial charge in [0.1, 0.15) is 11.9 Å². The van der Waals surface area contributed by atoms with Gasteiger partial charge < -0.3 is 15.7 Å². The lowest BCUT2D eigenvalue weighted by Gasteiger charge is -2.19. The Bertz CT molecular complexity index is 944. The monoisotopic (exact) mass is 373 g/mol. The number of anilines is 1. The lowest BCUT2D eigenvalue weighted by atomic mass is 10.1. The first-order chi connectivity index (χ1) is 12.5. The number of rotatable bonds is 3. The number of aliphatic hydroxyl groups is 1. The average Bonchev–Trinajstić information content (AvgIpc) is 3.31. The molecule has 3 aromatic heterocycles. The molecule has 0 saturated heterocycles. The van der Waals surface area contributed by atoms with Crippen molar-refractivity contribution in [2.45, 2.75) is 25.6 Å². The number of hydrogen-bond donors (Lipinski definition) is 2. The number of fused-ring (bicyclic) bond motifs is 1. The minimum Gasteiger partial charge on any atom is -0.382 e. The Hall–Kier alpha value is -2.72. The summed E-state index contributed by atoms with van der Waals surface area (Å²) in [7, 11) is 1.78. The van der Waals surface area contributed by atoms with Crippen molar-refractivity contribution >= 4 is 23.3 Å². The molecule has 0 saturated carbocycles. The molecule has 1 atom stereocenters. The Labute approximate surface area is 153 Å². The zero-order valence-electron chi connectivity index (χ0n) is 14.2. The smallest absolute Gasteiger partial charge is 0.258 e. The van der Waals surface area contributed by atoms with Gasteiger partial charge in [0.2, 0.25) is 0 Å². The second-order valence-corrected chi connectivity index (χ2v) is 6.89. The van der Waals surface area contributed by atoms with E-state index in [2.05, 4.69) is 14.6 Å². The van der Waals surface area contributed by atoms with Gasteiger partial charge in [-0.15, -0.1) is 0 Å². The average molecular weight is 373 g/mol. The predicted molar refractivity (Wildman–Crippen MR) is 95.4 cm³/mol.